The summed E-state index contributed by atoms with van der Waals surface area (Å²) in [6.07, 6.45) is 4.27. The molecule has 82 valence electrons. The highest BCUT2D eigenvalue weighted by Crippen LogP contribution is 2.18. The average Bonchev–Trinajstić information content (AvgIpc) is 2.87. The maximum atomic E-state index is 11.8. The van der Waals surface area contributed by atoms with E-state index in [1.807, 2.05) is 12.1 Å². The van der Waals surface area contributed by atoms with Gasteiger partial charge < -0.3 is 4.98 Å². The van der Waals surface area contributed by atoms with E-state index in [0.717, 1.165) is 24.7 Å². The summed E-state index contributed by atoms with van der Waals surface area (Å²) in [4.78, 5) is 17.0. The molecule has 1 fully saturated rings. The van der Waals surface area contributed by atoms with E-state index < -0.39 is 0 Å². The quantitative estimate of drug-likeness (QED) is 0.764. The number of nitrogens with one attached hydrogen (secondary N) is 1. The first-order valence-corrected chi connectivity index (χ1v) is 5.68. The molecule has 3 nitrogen and oxygen atoms in total. The van der Waals surface area contributed by atoms with Crippen LogP contribution in [0.5, 0.6) is 0 Å². The van der Waals surface area contributed by atoms with Gasteiger partial charge in [-0.25, -0.2) is 0 Å². The van der Waals surface area contributed by atoms with Crippen LogP contribution in [0.3, 0.4) is 0 Å². The Labute approximate surface area is 90.5 Å². The number of ketones is 1. The topological polar surface area (TPSA) is 36.1 Å². The first kappa shape index (κ1) is 10.4. The number of H-pyrrole nitrogens is 1. The fourth-order valence-corrected chi connectivity index (χ4v) is 2.18. The van der Waals surface area contributed by atoms with E-state index in [9.17, 15) is 4.79 Å². The van der Waals surface area contributed by atoms with Crippen molar-refractivity contribution in [1.82, 2.24) is 9.88 Å². The number of nitrogens with zero attached hydrogens (tertiary/aromatic N) is 1. The largest absolute Gasteiger partial charge is 0.359 e. The van der Waals surface area contributed by atoms with Gasteiger partial charge in [0.1, 0.15) is 0 Å². The second kappa shape index (κ2) is 4.62. The van der Waals surface area contributed by atoms with Crippen LogP contribution in [0.2, 0.25) is 0 Å². The third-order valence-electron chi connectivity index (χ3n) is 3.21. The molecular formula is C12H18N2O. The highest BCUT2D eigenvalue weighted by atomic mass is 16.1. The van der Waals surface area contributed by atoms with E-state index in [4.69, 9.17) is 0 Å². The second-order valence-electron chi connectivity index (χ2n) is 4.31. The molecule has 1 unspecified atom stereocenters. The van der Waals surface area contributed by atoms with Crippen LogP contribution in [-0.2, 0) is 0 Å². The van der Waals surface area contributed by atoms with Crippen LogP contribution >= 0.6 is 0 Å². The summed E-state index contributed by atoms with van der Waals surface area (Å²) in [6, 6.07) is 3.71. The van der Waals surface area contributed by atoms with E-state index in [2.05, 4.69) is 16.8 Å². The third kappa shape index (κ3) is 2.48. The molecule has 3 heteroatoms. The first-order chi connectivity index (χ1) is 7.29. The summed E-state index contributed by atoms with van der Waals surface area (Å²) in [5.41, 5.74) is 0.731. The molecule has 2 heterocycles. The lowest BCUT2D eigenvalue weighted by atomic mass is 10.1. The predicted molar refractivity (Wildman–Crippen MR) is 60.0 cm³/mol. The fourth-order valence-electron chi connectivity index (χ4n) is 2.18. The van der Waals surface area contributed by atoms with Crippen molar-refractivity contribution < 1.29 is 4.79 Å². The Bertz CT molecular complexity index is 318. The van der Waals surface area contributed by atoms with Gasteiger partial charge >= 0.3 is 0 Å². The lowest BCUT2D eigenvalue weighted by Gasteiger charge is -2.13. The standard InChI is InChI=1S/C12H18N2O/c1-2-10-5-7-14(8-10)9-12(15)11-4-3-6-13-11/h3-4,6,10,13H,2,5,7-9H2,1H3. The van der Waals surface area contributed by atoms with E-state index in [0.29, 0.717) is 6.54 Å². The monoisotopic (exact) mass is 206 g/mol. The van der Waals surface area contributed by atoms with Crippen molar-refractivity contribution in [1.29, 1.82) is 0 Å². The summed E-state index contributed by atoms with van der Waals surface area (Å²) in [7, 11) is 0. The Kier molecular flexibility index (Phi) is 3.21. The number of Topliss-reactive ketones (excluding diaryl/α,β-unsaturated/α-hetero) is 1. The molecule has 1 aliphatic heterocycles. The van der Waals surface area contributed by atoms with E-state index >= 15 is 0 Å². The summed E-state index contributed by atoms with van der Waals surface area (Å²) >= 11 is 0. The zero-order valence-electron chi connectivity index (χ0n) is 9.20. The van der Waals surface area contributed by atoms with Gasteiger partial charge in [-0.2, -0.15) is 0 Å². The maximum Gasteiger partial charge on any atom is 0.192 e. The molecule has 1 aromatic heterocycles. The molecule has 1 saturated heterocycles. The molecule has 0 bridgehead atoms. The molecule has 0 aromatic carbocycles. The van der Waals surface area contributed by atoms with Crippen molar-refractivity contribution in [2.24, 2.45) is 5.92 Å². The Morgan fingerprint density at radius 1 is 1.67 bits per heavy atom. The minimum atomic E-state index is 0.205. The SMILES string of the molecule is CCC1CCN(CC(=O)c2ccc[nH]2)C1. The van der Waals surface area contributed by atoms with Gasteiger partial charge in [0.25, 0.3) is 0 Å². The maximum absolute atomic E-state index is 11.8. The third-order valence-corrected chi connectivity index (χ3v) is 3.21. The highest BCUT2D eigenvalue weighted by Gasteiger charge is 2.22. The first-order valence-electron chi connectivity index (χ1n) is 5.68. The van der Waals surface area contributed by atoms with Crippen LogP contribution in [-0.4, -0.2) is 35.3 Å². The molecule has 0 saturated carbocycles. The van der Waals surface area contributed by atoms with Gasteiger partial charge in [-0.15, -0.1) is 0 Å². The number of hydrogen-bond acceptors (Lipinski definition) is 2. The van der Waals surface area contributed by atoms with Gasteiger partial charge in [0.2, 0.25) is 0 Å². The van der Waals surface area contributed by atoms with Gasteiger partial charge in [0.05, 0.1) is 12.2 Å². The summed E-state index contributed by atoms with van der Waals surface area (Å²) in [5.74, 6) is 0.998. The van der Waals surface area contributed by atoms with Gasteiger partial charge in [-0.05, 0) is 31.0 Å². The number of likely N-dealkylation sites (tertiary alicyclic amines) is 1. The van der Waals surface area contributed by atoms with Crippen molar-refractivity contribution in [2.75, 3.05) is 19.6 Å². The van der Waals surface area contributed by atoms with E-state index in [-0.39, 0.29) is 5.78 Å². The summed E-state index contributed by atoms with van der Waals surface area (Å²) in [6.45, 7) is 4.95. The van der Waals surface area contributed by atoms with Gasteiger partial charge in [-0.1, -0.05) is 13.3 Å². The lowest BCUT2D eigenvalue weighted by molar-refractivity contribution is 0.0939. The number of aromatic amines is 1. The van der Waals surface area contributed by atoms with Gasteiger partial charge in [0, 0.05) is 12.7 Å². The molecule has 0 aliphatic carbocycles. The summed E-state index contributed by atoms with van der Waals surface area (Å²) < 4.78 is 0. The Morgan fingerprint density at radius 2 is 2.53 bits per heavy atom. The fraction of sp³-hybridized carbons (Fsp3) is 0.583. The molecule has 15 heavy (non-hydrogen) atoms. The Morgan fingerprint density at radius 3 is 3.13 bits per heavy atom. The van der Waals surface area contributed by atoms with E-state index in [1.54, 1.807) is 6.20 Å². The Balaban J connectivity index is 1.86. The molecule has 0 spiro atoms. The van der Waals surface area contributed by atoms with Crippen LogP contribution in [0, 0.1) is 5.92 Å². The molecule has 1 aromatic rings. The van der Waals surface area contributed by atoms with Gasteiger partial charge in [-0.3, -0.25) is 9.69 Å². The summed E-state index contributed by atoms with van der Waals surface area (Å²) in [5, 5.41) is 0. The average molecular weight is 206 g/mol. The molecule has 1 atom stereocenters. The van der Waals surface area contributed by atoms with Crippen LogP contribution < -0.4 is 0 Å². The smallest absolute Gasteiger partial charge is 0.192 e. The molecular weight excluding hydrogens is 188 g/mol. The minimum absolute atomic E-state index is 0.205. The predicted octanol–water partition coefficient (Wildman–Crippen LogP) is 1.93. The van der Waals surface area contributed by atoms with Crippen LogP contribution in [0.4, 0.5) is 0 Å². The number of carbonyl (C=O) groups excluding carboxylic acids is 1. The highest BCUT2D eigenvalue weighted by molar-refractivity contribution is 5.95. The van der Waals surface area contributed by atoms with E-state index in [1.165, 1.54) is 12.8 Å². The minimum Gasteiger partial charge on any atom is -0.359 e. The number of hydrogen-bond donors (Lipinski definition) is 1. The Hall–Kier alpha value is -1.09. The zero-order valence-corrected chi connectivity index (χ0v) is 9.20. The van der Waals surface area contributed by atoms with Crippen molar-refractivity contribution in [3.05, 3.63) is 24.0 Å². The van der Waals surface area contributed by atoms with Crippen LogP contribution in [0.1, 0.15) is 30.3 Å². The molecule has 0 amide bonds. The van der Waals surface area contributed by atoms with Crippen molar-refractivity contribution in [3.63, 3.8) is 0 Å². The van der Waals surface area contributed by atoms with Crippen molar-refractivity contribution in [3.8, 4) is 0 Å². The lowest BCUT2D eigenvalue weighted by Crippen LogP contribution is -2.27. The second-order valence-corrected chi connectivity index (χ2v) is 4.31. The van der Waals surface area contributed by atoms with Crippen molar-refractivity contribution in [2.45, 2.75) is 19.8 Å². The molecule has 1 N–H and O–H groups in total. The number of carbonyl (C=O) groups is 1. The van der Waals surface area contributed by atoms with Crippen LogP contribution in [0.15, 0.2) is 18.3 Å². The number of rotatable bonds is 4. The molecule has 2 rings (SSSR count). The van der Waals surface area contributed by atoms with Crippen molar-refractivity contribution >= 4 is 5.78 Å². The molecule has 1 aliphatic rings. The van der Waals surface area contributed by atoms with Crippen LogP contribution in [0.25, 0.3) is 0 Å². The van der Waals surface area contributed by atoms with Gasteiger partial charge in [0.15, 0.2) is 5.78 Å². The normalized spacial score (nSPS) is 22.1. The number of aromatic nitrogens is 1. The molecule has 0 radical (unpaired) electrons. The zero-order chi connectivity index (χ0) is 10.7.